The van der Waals surface area contributed by atoms with Crippen molar-refractivity contribution in [3.63, 3.8) is 0 Å². The van der Waals surface area contributed by atoms with Gasteiger partial charge in [0, 0.05) is 12.6 Å². The lowest BCUT2D eigenvalue weighted by Crippen LogP contribution is -2.32. The highest BCUT2D eigenvalue weighted by atomic mass is 32.2. The summed E-state index contributed by atoms with van der Waals surface area (Å²) in [6.45, 7) is 6.34. The van der Waals surface area contributed by atoms with Crippen LogP contribution in [0.4, 0.5) is 0 Å². The normalized spacial score (nSPS) is 13.3. The summed E-state index contributed by atoms with van der Waals surface area (Å²) in [5.41, 5.74) is 9.28. The van der Waals surface area contributed by atoms with Crippen molar-refractivity contribution in [3.05, 3.63) is 65.2 Å². The van der Waals surface area contributed by atoms with E-state index in [0.29, 0.717) is 5.92 Å². The average Bonchev–Trinajstić information content (AvgIpc) is 2.53. The van der Waals surface area contributed by atoms with E-state index >= 15 is 0 Å². The molecule has 0 fully saturated rings. The number of rotatable bonds is 6. The van der Waals surface area contributed by atoms with E-state index in [1.165, 1.54) is 5.56 Å². The van der Waals surface area contributed by atoms with Gasteiger partial charge in [-0.1, -0.05) is 55.8 Å². The predicted octanol–water partition coefficient (Wildman–Crippen LogP) is 3.10. The van der Waals surface area contributed by atoms with Crippen LogP contribution in [0.25, 0.3) is 0 Å². The molecule has 3 N–H and O–H groups in total. The number of hydrogen-bond donors (Lipinski definition) is 2. The Morgan fingerprint density at radius 3 is 2.00 bits per heavy atom. The molecular formula is C18H24N2O2S. The fourth-order valence-corrected chi connectivity index (χ4v) is 3.31. The maximum absolute atomic E-state index is 12.3. The molecule has 124 valence electrons. The number of hydrogen-bond acceptors (Lipinski definition) is 3. The highest BCUT2D eigenvalue weighted by Crippen LogP contribution is 2.18. The van der Waals surface area contributed by atoms with E-state index < -0.39 is 10.0 Å². The van der Waals surface area contributed by atoms with E-state index in [1.807, 2.05) is 31.2 Å². The Morgan fingerprint density at radius 2 is 1.48 bits per heavy atom. The van der Waals surface area contributed by atoms with Crippen molar-refractivity contribution in [2.24, 2.45) is 5.73 Å². The van der Waals surface area contributed by atoms with Gasteiger partial charge in [0.15, 0.2) is 0 Å². The molecule has 23 heavy (non-hydrogen) atoms. The van der Waals surface area contributed by atoms with E-state index in [0.717, 1.165) is 11.1 Å². The Bertz CT molecular complexity index is 736. The molecule has 2 aromatic rings. The first-order valence-electron chi connectivity index (χ1n) is 7.71. The van der Waals surface area contributed by atoms with Crippen LogP contribution in [0, 0.1) is 6.92 Å². The number of nitrogens with one attached hydrogen (secondary N) is 1. The van der Waals surface area contributed by atoms with Crippen LogP contribution in [0.15, 0.2) is 53.4 Å². The molecule has 5 heteroatoms. The number of nitrogens with two attached hydrogens (primary N) is 1. The smallest absolute Gasteiger partial charge is 0.240 e. The molecule has 0 heterocycles. The van der Waals surface area contributed by atoms with Gasteiger partial charge < -0.3 is 5.73 Å². The Labute approximate surface area is 138 Å². The second kappa shape index (κ2) is 7.25. The zero-order valence-electron chi connectivity index (χ0n) is 13.8. The Kier molecular flexibility index (Phi) is 5.57. The van der Waals surface area contributed by atoms with Crippen molar-refractivity contribution in [3.8, 4) is 0 Å². The first-order valence-corrected chi connectivity index (χ1v) is 9.19. The molecule has 0 saturated heterocycles. The van der Waals surface area contributed by atoms with E-state index in [2.05, 4.69) is 18.6 Å². The van der Waals surface area contributed by atoms with Crippen molar-refractivity contribution in [2.45, 2.75) is 37.6 Å². The van der Waals surface area contributed by atoms with E-state index in [9.17, 15) is 8.42 Å². The first-order chi connectivity index (χ1) is 10.8. The molecule has 0 aromatic heterocycles. The Morgan fingerprint density at radius 1 is 0.957 bits per heavy atom. The van der Waals surface area contributed by atoms with Crippen LogP contribution in [0.2, 0.25) is 0 Å². The van der Waals surface area contributed by atoms with Gasteiger partial charge in [0.1, 0.15) is 0 Å². The fraction of sp³-hybridized carbons (Fsp3) is 0.333. The summed E-state index contributed by atoms with van der Waals surface area (Å²) in [6.07, 6.45) is 0. The maximum atomic E-state index is 12.3. The minimum atomic E-state index is -3.53. The highest BCUT2D eigenvalue weighted by molar-refractivity contribution is 7.89. The van der Waals surface area contributed by atoms with Gasteiger partial charge >= 0.3 is 0 Å². The molecule has 1 unspecified atom stereocenters. The second-order valence-corrected chi connectivity index (χ2v) is 7.86. The van der Waals surface area contributed by atoms with Crippen LogP contribution in [0.5, 0.6) is 0 Å². The predicted molar refractivity (Wildman–Crippen MR) is 93.8 cm³/mol. The Hall–Kier alpha value is -1.69. The zero-order chi connectivity index (χ0) is 17.0. The summed E-state index contributed by atoms with van der Waals surface area (Å²) in [5.74, 6) is 0.459. The van der Waals surface area contributed by atoms with E-state index in [4.69, 9.17) is 5.73 Å². The van der Waals surface area contributed by atoms with Crippen molar-refractivity contribution in [1.82, 2.24) is 4.72 Å². The quantitative estimate of drug-likeness (QED) is 0.854. The summed E-state index contributed by atoms with van der Waals surface area (Å²) in [7, 11) is -3.53. The lowest BCUT2D eigenvalue weighted by molar-refractivity contribution is 0.572. The van der Waals surface area contributed by atoms with Crippen LogP contribution in [0.1, 0.15) is 42.5 Å². The van der Waals surface area contributed by atoms with Crippen LogP contribution in [-0.4, -0.2) is 15.0 Å². The van der Waals surface area contributed by atoms with Gasteiger partial charge in [0.25, 0.3) is 0 Å². The molecular weight excluding hydrogens is 308 g/mol. The standard InChI is InChI=1S/C18H24N2O2S/c1-13(2)15-6-8-16(9-7-15)18(19)12-20-23(21,22)17-10-4-14(3)5-11-17/h4-11,13,18,20H,12,19H2,1-3H3. The minimum Gasteiger partial charge on any atom is -0.323 e. The van der Waals surface area contributed by atoms with Gasteiger partial charge in [0.2, 0.25) is 10.0 Å². The van der Waals surface area contributed by atoms with Gasteiger partial charge in [-0.25, -0.2) is 13.1 Å². The van der Waals surface area contributed by atoms with Gasteiger partial charge in [-0.2, -0.15) is 0 Å². The van der Waals surface area contributed by atoms with Gasteiger partial charge in [0.05, 0.1) is 4.90 Å². The van der Waals surface area contributed by atoms with Crippen molar-refractivity contribution < 1.29 is 8.42 Å². The van der Waals surface area contributed by atoms with Crippen molar-refractivity contribution in [1.29, 1.82) is 0 Å². The average molecular weight is 332 g/mol. The van der Waals surface area contributed by atoms with Crippen LogP contribution in [-0.2, 0) is 10.0 Å². The minimum absolute atomic E-state index is 0.164. The molecule has 0 aliphatic heterocycles. The first kappa shape index (κ1) is 17.7. The van der Waals surface area contributed by atoms with Gasteiger partial charge in [-0.15, -0.1) is 0 Å². The molecule has 2 rings (SSSR count). The molecule has 0 spiro atoms. The highest BCUT2D eigenvalue weighted by Gasteiger charge is 2.16. The van der Waals surface area contributed by atoms with E-state index in [1.54, 1.807) is 24.3 Å². The molecule has 0 amide bonds. The third kappa shape index (κ3) is 4.64. The summed E-state index contributed by atoms with van der Waals surface area (Å²) in [6, 6.07) is 14.4. The Balaban J connectivity index is 2.03. The van der Waals surface area contributed by atoms with Crippen molar-refractivity contribution >= 4 is 10.0 Å². The maximum Gasteiger partial charge on any atom is 0.240 e. The number of benzene rings is 2. The molecule has 2 aromatic carbocycles. The van der Waals surface area contributed by atoms with Crippen LogP contribution in [0.3, 0.4) is 0 Å². The largest absolute Gasteiger partial charge is 0.323 e. The summed E-state index contributed by atoms with van der Waals surface area (Å²) in [4.78, 5) is 0.255. The molecule has 0 bridgehead atoms. The topological polar surface area (TPSA) is 72.2 Å². The SMILES string of the molecule is Cc1ccc(S(=O)(=O)NCC(N)c2ccc(C(C)C)cc2)cc1. The van der Waals surface area contributed by atoms with E-state index in [-0.39, 0.29) is 17.5 Å². The molecule has 0 saturated carbocycles. The summed E-state index contributed by atoms with van der Waals surface area (Å²) >= 11 is 0. The lowest BCUT2D eigenvalue weighted by atomic mass is 9.99. The van der Waals surface area contributed by atoms with Gasteiger partial charge in [-0.05, 0) is 36.1 Å². The molecule has 0 aliphatic carbocycles. The zero-order valence-corrected chi connectivity index (χ0v) is 14.6. The third-order valence-corrected chi connectivity index (χ3v) is 5.30. The molecule has 0 aliphatic rings. The van der Waals surface area contributed by atoms with Crippen LogP contribution >= 0.6 is 0 Å². The monoisotopic (exact) mass is 332 g/mol. The molecule has 1 atom stereocenters. The van der Waals surface area contributed by atoms with Crippen molar-refractivity contribution in [2.75, 3.05) is 6.54 Å². The fourth-order valence-electron chi connectivity index (χ4n) is 2.25. The number of aryl methyl sites for hydroxylation is 1. The van der Waals surface area contributed by atoms with Gasteiger partial charge in [-0.3, -0.25) is 0 Å². The number of sulfonamides is 1. The van der Waals surface area contributed by atoms with Crippen LogP contribution < -0.4 is 10.5 Å². The summed E-state index contributed by atoms with van der Waals surface area (Å²) < 4.78 is 27.1. The molecule has 4 nitrogen and oxygen atoms in total. The third-order valence-electron chi connectivity index (χ3n) is 3.86. The second-order valence-electron chi connectivity index (χ2n) is 6.09. The molecule has 0 radical (unpaired) electrons. The summed E-state index contributed by atoms with van der Waals surface area (Å²) in [5, 5.41) is 0. The lowest BCUT2D eigenvalue weighted by Gasteiger charge is -2.15.